The second kappa shape index (κ2) is 7.79. The van der Waals surface area contributed by atoms with Gasteiger partial charge >= 0.3 is 0 Å². The first-order chi connectivity index (χ1) is 12.1. The van der Waals surface area contributed by atoms with Crippen LogP contribution < -0.4 is 0 Å². The molecular formula is C21H22N2O2. The predicted molar refractivity (Wildman–Crippen MR) is 98.6 cm³/mol. The molecule has 0 saturated carbocycles. The van der Waals surface area contributed by atoms with E-state index in [1.165, 1.54) is 0 Å². The molecule has 1 atom stereocenters. The Morgan fingerprint density at radius 2 is 1.60 bits per heavy atom. The maximum Gasteiger partial charge on any atom is 0.246 e. The van der Waals surface area contributed by atoms with Crippen LogP contribution in [0.2, 0.25) is 0 Å². The molecule has 1 fully saturated rings. The normalized spacial score (nSPS) is 17.7. The molecule has 1 heterocycles. The molecule has 2 aromatic carbocycles. The quantitative estimate of drug-likeness (QED) is 0.809. The molecule has 2 aromatic rings. The minimum atomic E-state index is -0.0958. The van der Waals surface area contributed by atoms with Crippen LogP contribution in [0, 0.1) is 0 Å². The second-order valence-electron chi connectivity index (χ2n) is 6.17. The molecule has 0 aliphatic carbocycles. The van der Waals surface area contributed by atoms with Crippen molar-refractivity contribution in [3.63, 3.8) is 0 Å². The number of piperazine rings is 1. The first kappa shape index (κ1) is 17.0. The Morgan fingerprint density at radius 3 is 2.24 bits per heavy atom. The highest BCUT2D eigenvalue weighted by molar-refractivity contribution is 5.92. The van der Waals surface area contributed by atoms with Gasteiger partial charge in [0.05, 0.1) is 6.04 Å². The van der Waals surface area contributed by atoms with E-state index < -0.39 is 0 Å². The lowest BCUT2D eigenvalue weighted by Gasteiger charge is -2.41. The van der Waals surface area contributed by atoms with Crippen LogP contribution in [0.5, 0.6) is 0 Å². The molecule has 1 saturated heterocycles. The van der Waals surface area contributed by atoms with E-state index >= 15 is 0 Å². The molecule has 4 heteroatoms. The molecule has 1 aliphatic rings. The summed E-state index contributed by atoms with van der Waals surface area (Å²) in [6, 6.07) is 19.6. The first-order valence-electron chi connectivity index (χ1n) is 8.49. The molecule has 1 aliphatic heterocycles. The fourth-order valence-corrected chi connectivity index (χ4v) is 3.16. The van der Waals surface area contributed by atoms with Crippen LogP contribution in [0.1, 0.15) is 24.1 Å². The SMILES string of the molecule is CC(=O)N1CCN(C(=O)/C=C/c2ccccc2)C[C@H]1c1ccccc1. The minimum Gasteiger partial charge on any atom is -0.335 e. The average Bonchev–Trinajstić information content (AvgIpc) is 2.67. The fraction of sp³-hybridized carbons (Fsp3) is 0.238. The number of benzene rings is 2. The van der Waals surface area contributed by atoms with Crippen molar-refractivity contribution in [1.82, 2.24) is 9.80 Å². The largest absolute Gasteiger partial charge is 0.335 e. The van der Waals surface area contributed by atoms with Crippen LogP contribution in [-0.2, 0) is 9.59 Å². The molecule has 0 bridgehead atoms. The summed E-state index contributed by atoms with van der Waals surface area (Å²) >= 11 is 0. The van der Waals surface area contributed by atoms with Crippen molar-refractivity contribution in [1.29, 1.82) is 0 Å². The third-order valence-electron chi connectivity index (χ3n) is 4.50. The van der Waals surface area contributed by atoms with Gasteiger partial charge in [0.1, 0.15) is 0 Å². The van der Waals surface area contributed by atoms with Crippen LogP contribution in [0.4, 0.5) is 0 Å². The second-order valence-corrected chi connectivity index (χ2v) is 6.17. The van der Waals surface area contributed by atoms with E-state index in [9.17, 15) is 9.59 Å². The zero-order valence-corrected chi connectivity index (χ0v) is 14.3. The molecule has 3 rings (SSSR count). The number of hydrogen-bond donors (Lipinski definition) is 0. The molecule has 25 heavy (non-hydrogen) atoms. The summed E-state index contributed by atoms with van der Waals surface area (Å²) in [4.78, 5) is 28.2. The van der Waals surface area contributed by atoms with E-state index in [1.54, 1.807) is 13.0 Å². The van der Waals surface area contributed by atoms with Crippen LogP contribution in [-0.4, -0.2) is 41.2 Å². The van der Waals surface area contributed by atoms with E-state index in [0.717, 1.165) is 11.1 Å². The van der Waals surface area contributed by atoms with Crippen molar-refractivity contribution in [3.8, 4) is 0 Å². The van der Waals surface area contributed by atoms with Crippen molar-refractivity contribution in [2.45, 2.75) is 13.0 Å². The average molecular weight is 334 g/mol. The summed E-state index contributed by atoms with van der Waals surface area (Å²) in [5, 5.41) is 0. The Kier molecular flexibility index (Phi) is 5.29. The number of rotatable bonds is 3. The van der Waals surface area contributed by atoms with E-state index in [2.05, 4.69) is 0 Å². The molecule has 0 N–H and O–H groups in total. The lowest BCUT2D eigenvalue weighted by atomic mass is 10.0. The van der Waals surface area contributed by atoms with Crippen molar-refractivity contribution in [2.75, 3.05) is 19.6 Å². The van der Waals surface area contributed by atoms with Crippen LogP contribution in [0.15, 0.2) is 66.7 Å². The number of nitrogens with zero attached hydrogens (tertiary/aromatic N) is 2. The summed E-state index contributed by atoms with van der Waals surface area (Å²) in [6.07, 6.45) is 3.44. The minimum absolute atomic E-state index is 0.0204. The van der Waals surface area contributed by atoms with Crippen LogP contribution >= 0.6 is 0 Å². The Hall–Kier alpha value is -2.88. The van der Waals surface area contributed by atoms with Gasteiger partial charge in [-0.05, 0) is 17.2 Å². The molecule has 0 unspecified atom stereocenters. The molecule has 128 valence electrons. The Bertz CT molecular complexity index is 756. The van der Waals surface area contributed by atoms with Gasteiger partial charge in [-0.3, -0.25) is 9.59 Å². The van der Waals surface area contributed by atoms with Gasteiger partial charge in [-0.15, -0.1) is 0 Å². The molecule has 0 spiro atoms. The smallest absolute Gasteiger partial charge is 0.246 e. The van der Waals surface area contributed by atoms with Crippen molar-refractivity contribution in [2.24, 2.45) is 0 Å². The summed E-state index contributed by atoms with van der Waals surface area (Å²) in [5.41, 5.74) is 2.06. The van der Waals surface area contributed by atoms with Crippen molar-refractivity contribution in [3.05, 3.63) is 77.9 Å². The molecular weight excluding hydrogens is 312 g/mol. The molecule has 2 amide bonds. The van der Waals surface area contributed by atoms with Gasteiger partial charge in [-0.2, -0.15) is 0 Å². The Morgan fingerprint density at radius 1 is 0.960 bits per heavy atom. The lowest BCUT2D eigenvalue weighted by Crippen LogP contribution is -2.51. The van der Waals surface area contributed by atoms with Gasteiger partial charge in [-0.1, -0.05) is 60.7 Å². The lowest BCUT2D eigenvalue weighted by molar-refractivity contribution is -0.139. The third kappa shape index (κ3) is 4.15. The summed E-state index contributed by atoms with van der Waals surface area (Å²) in [6.45, 7) is 3.21. The van der Waals surface area contributed by atoms with Gasteiger partial charge < -0.3 is 9.80 Å². The van der Waals surface area contributed by atoms with Gasteiger partial charge in [0, 0.05) is 32.6 Å². The highest BCUT2D eigenvalue weighted by Crippen LogP contribution is 2.25. The zero-order valence-electron chi connectivity index (χ0n) is 14.3. The van der Waals surface area contributed by atoms with E-state index in [4.69, 9.17) is 0 Å². The Labute approximate surface area is 148 Å². The van der Waals surface area contributed by atoms with E-state index in [1.807, 2.05) is 76.5 Å². The van der Waals surface area contributed by atoms with Crippen LogP contribution in [0.3, 0.4) is 0 Å². The summed E-state index contributed by atoms with van der Waals surface area (Å²) < 4.78 is 0. The number of carbonyl (C=O) groups excluding carboxylic acids is 2. The number of carbonyl (C=O) groups is 2. The number of amides is 2. The molecule has 0 radical (unpaired) electrons. The summed E-state index contributed by atoms with van der Waals surface area (Å²) in [7, 11) is 0. The highest BCUT2D eigenvalue weighted by Gasteiger charge is 2.31. The third-order valence-corrected chi connectivity index (χ3v) is 4.50. The molecule has 0 aromatic heterocycles. The van der Waals surface area contributed by atoms with E-state index in [0.29, 0.717) is 19.6 Å². The van der Waals surface area contributed by atoms with Crippen molar-refractivity contribution < 1.29 is 9.59 Å². The van der Waals surface area contributed by atoms with E-state index in [-0.39, 0.29) is 17.9 Å². The van der Waals surface area contributed by atoms with Gasteiger partial charge in [0.2, 0.25) is 11.8 Å². The molecule has 4 nitrogen and oxygen atoms in total. The van der Waals surface area contributed by atoms with Gasteiger partial charge in [0.25, 0.3) is 0 Å². The number of hydrogen-bond acceptors (Lipinski definition) is 2. The zero-order chi connectivity index (χ0) is 17.6. The standard InChI is InChI=1S/C21H22N2O2/c1-17(24)23-15-14-22(16-20(23)19-10-6-3-7-11-19)21(25)13-12-18-8-4-2-5-9-18/h2-13,20H,14-16H2,1H3/b13-12+/t20-/m0/s1. The Balaban J connectivity index is 1.74. The van der Waals surface area contributed by atoms with Gasteiger partial charge in [-0.25, -0.2) is 0 Å². The van der Waals surface area contributed by atoms with Gasteiger partial charge in [0.15, 0.2) is 0 Å². The monoisotopic (exact) mass is 334 g/mol. The topological polar surface area (TPSA) is 40.6 Å². The predicted octanol–water partition coefficient (Wildman–Crippen LogP) is 3.13. The summed E-state index contributed by atoms with van der Waals surface area (Å²) in [5.74, 6) is 0.0220. The first-order valence-corrected chi connectivity index (χ1v) is 8.49. The fourth-order valence-electron chi connectivity index (χ4n) is 3.16. The highest BCUT2D eigenvalue weighted by atomic mass is 16.2. The van der Waals surface area contributed by atoms with Crippen LogP contribution in [0.25, 0.3) is 6.08 Å². The van der Waals surface area contributed by atoms with Crippen molar-refractivity contribution >= 4 is 17.9 Å². The maximum absolute atomic E-state index is 12.6. The maximum atomic E-state index is 12.6.